The first kappa shape index (κ1) is 18.0. The highest BCUT2D eigenvalue weighted by atomic mass is 16.5. The summed E-state index contributed by atoms with van der Waals surface area (Å²) in [6.45, 7) is 6.79. The van der Waals surface area contributed by atoms with Gasteiger partial charge in [0, 0.05) is 37.8 Å². The molecule has 4 heteroatoms. The minimum atomic E-state index is 0.194. The van der Waals surface area contributed by atoms with Crippen LogP contribution in [0.2, 0.25) is 0 Å². The van der Waals surface area contributed by atoms with Crippen LogP contribution < -0.4 is 0 Å². The zero-order chi connectivity index (χ0) is 18.1. The van der Waals surface area contributed by atoms with Crippen molar-refractivity contribution in [3.63, 3.8) is 0 Å². The number of amides is 1. The van der Waals surface area contributed by atoms with E-state index in [0.29, 0.717) is 11.5 Å². The van der Waals surface area contributed by atoms with E-state index in [9.17, 15) is 4.79 Å². The van der Waals surface area contributed by atoms with Gasteiger partial charge in [-0.3, -0.25) is 4.79 Å². The van der Waals surface area contributed by atoms with Gasteiger partial charge in [-0.2, -0.15) is 0 Å². The first-order valence-corrected chi connectivity index (χ1v) is 10.2. The third kappa shape index (κ3) is 3.96. The molecule has 1 aromatic carbocycles. The number of benzene rings is 1. The first-order chi connectivity index (χ1) is 12.5. The van der Waals surface area contributed by atoms with Crippen molar-refractivity contribution >= 4 is 5.91 Å². The molecular weight excluding hydrogens is 324 g/mol. The molecule has 3 aliphatic rings. The Morgan fingerprint density at radius 1 is 1.23 bits per heavy atom. The average Bonchev–Trinajstić information content (AvgIpc) is 3.40. The molecule has 4 rings (SSSR count). The van der Waals surface area contributed by atoms with E-state index in [-0.39, 0.29) is 5.91 Å². The summed E-state index contributed by atoms with van der Waals surface area (Å²) in [6, 6.07) is 8.51. The van der Waals surface area contributed by atoms with Gasteiger partial charge in [0.2, 0.25) is 0 Å². The third-order valence-electron chi connectivity index (χ3n) is 6.61. The Morgan fingerprint density at radius 3 is 2.69 bits per heavy atom. The second-order valence-electron chi connectivity index (χ2n) is 8.92. The Morgan fingerprint density at radius 2 is 2.00 bits per heavy atom. The lowest BCUT2D eigenvalue weighted by Crippen LogP contribution is -2.44. The number of hydrogen-bond acceptors (Lipinski definition) is 3. The van der Waals surface area contributed by atoms with Crippen molar-refractivity contribution in [2.24, 2.45) is 11.3 Å². The molecule has 142 valence electrons. The van der Waals surface area contributed by atoms with Gasteiger partial charge in [0.25, 0.3) is 5.91 Å². The Hall–Kier alpha value is -1.39. The molecule has 2 aliphatic heterocycles. The summed E-state index contributed by atoms with van der Waals surface area (Å²) in [5.74, 6) is 1.03. The van der Waals surface area contributed by atoms with Gasteiger partial charge in [0.1, 0.15) is 0 Å². The quantitative estimate of drug-likeness (QED) is 0.811. The summed E-state index contributed by atoms with van der Waals surface area (Å²) in [4.78, 5) is 17.3. The fourth-order valence-electron chi connectivity index (χ4n) is 4.73. The Labute approximate surface area is 157 Å². The van der Waals surface area contributed by atoms with E-state index in [2.05, 4.69) is 16.8 Å². The van der Waals surface area contributed by atoms with Crippen molar-refractivity contribution < 1.29 is 9.53 Å². The molecule has 26 heavy (non-hydrogen) atoms. The van der Waals surface area contributed by atoms with E-state index in [0.717, 1.165) is 62.7 Å². The lowest BCUT2D eigenvalue weighted by atomic mass is 9.76. The van der Waals surface area contributed by atoms with Gasteiger partial charge in [-0.05, 0) is 69.5 Å². The third-order valence-corrected chi connectivity index (χ3v) is 6.61. The van der Waals surface area contributed by atoms with Crippen LogP contribution >= 0.6 is 0 Å². The topological polar surface area (TPSA) is 32.8 Å². The molecule has 4 nitrogen and oxygen atoms in total. The molecule has 2 saturated heterocycles. The summed E-state index contributed by atoms with van der Waals surface area (Å²) < 4.78 is 5.97. The van der Waals surface area contributed by atoms with Gasteiger partial charge in [0.05, 0.1) is 6.61 Å². The predicted octanol–water partition coefficient (Wildman–Crippen LogP) is 3.35. The summed E-state index contributed by atoms with van der Waals surface area (Å²) >= 11 is 0. The molecule has 0 radical (unpaired) electrons. The van der Waals surface area contributed by atoms with E-state index >= 15 is 0 Å². The van der Waals surface area contributed by atoms with Crippen molar-refractivity contribution in [1.29, 1.82) is 0 Å². The van der Waals surface area contributed by atoms with Crippen LogP contribution in [0, 0.1) is 18.3 Å². The maximum absolute atomic E-state index is 12.8. The molecule has 1 saturated carbocycles. The number of likely N-dealkylation sites (tertiary alicyclic amines) is 2. The molecule has 1 atom stereocenters. The fourth-order valence-corrected chi connectivity index (χ4v) is 4.73. The SMILES string of the molecule is Cc1cccc(C(=O)N2CCC3(CC2)CC(COCC2CC2)N(C)C3)c1. The number of carbonyl (C=O) groups is 1. The van der Waals surface area contributed by atoms with Gasteiger partial charge in [-0.15, -0.1) is 0 Å². The van der Waals surface area contributed by atoms with E-state index < -0.39 is 0 Å². The fraction of sp³-hybridized carbons (Fsp3) is 0.682. The maximum atomic E-state index is 12.8. The Kier molecular flexibility index (Phi) is 5.07. The van der Waals surface area contributed by atoms with Crippen LogP contribution in [0.3, 0.4) is 0 Å². The van der Waals surface area contributed by atoms with Crippen LogP contribution in [-0.4, -0.2) is 61.6 Å². The van der Waals surface area contributed by atoms with Crippen LogP contribution in [0.25, 0.3) is 0 Å². The number of ether oxygens (including phenoxy) is 1. The highest BCUT2D eigenvalue weighted by Crippen LogP contribution is 2.43. The van der Waals surface area contributed by atoms with Crippen LogP contribution in [0.4, 0.5) is 0 Å². The van der Waals surface area contributed by atoms with Crippen molar-refractivity contribution in [3.05, 3.63) is 35.4 Å². The van der Waals surface area contributed by atoms with Gasteiger partial charge in [-0.1, -0.05) is 17.7 Å². The van der Waals surface area contributed by atoms with E-state index in [1.807, 2.05) is 31.2 Å². The minimum absolute atomic E-state index is 0.194. The molecule has 1 spiro atoms. The number of nitrogens with zero attached hydrogens (tertiary/aromatic N) is 2. The normalized spacial score (nSPS) is 25.8. The molecule has 1 amide bonds. The standard InChI is InChI=1S/C22H32N2O2/c1-17-4-3-5-19(12-17)21(25)24-10-8-22(9-11-24)13-20(23(2)16-22)15-26-14-18-6-7-18/h3-5,12,18,20H,6-11,13-16H2,1-2H3. The predicted molar refractivity (Wildman–Crippen MR) is 103 cm³/mol. The number of likely N-dealkylation sites (N-methyl/N-ethyl adjacent to an activating group) is 1. The summed E-state index contributed by atoms with van der Waals surface area (Å²) in [7, 11) is 2.24. The molecule has 1 aromatic rings. The van der Waals surface area contributed by atoms with Gasteiger partial charge in [-0.25, -0.2) is 0 Å². The zero-order valence-corrected chi connectivity index (χ0v) is 16.2. The number of rotatable bonds is 5. The summed E-state index contributed by atoms with van der Waals surface area (Å²) in [5.41, 5.74) is 2.36. The molecule has 0 aromatic heterocycles. The molecule has 1 aliphatic carbocycles. The molecule has 0 bridgehead atoms. The largest absolute Gasteiger partial charge is 0.380 e. The first-order valence-electron chi connectivity index (χ1n) is 10.2. The molecule has 3 fully saturated rings. The van der Waals surface area contributed by atoms with Crippen molar-refractivity contribution in [3.8, 4) is 0 Å². The van der Waals surface area contributed by atoms with E-state index in [1.165, 1.54) is 19.3 Å². The molecule has 1 unspecified atom stereocenters. The highest BCUT2D eigenvalue weighted by Gasteiger charge is 2.44. The monoisotopic (exact) mass is 356 g/mol. The van der Waals surface area contributed by atoms with E-state index in [4.69, 9.17) is 4.74 Å². The Balaban J connectivity index is 1.30. The zero-order valence-electron chi connectivity index (χ0n) is 16.2. The lowest BCUT2D eigenvalue weighted by molar-refractivity contribution is 0.0588. The van der Waals surface area contributed by atoms with Crippen LogP contribution in [0.5, 0.6) is 0 Å². The highest BCUT2D eigenvalue weighted by molar-refractivity contribution is 5.94. The second kappa shape index (κ2) is 7.32. The van der Waals surface area contributed by atoms with Crippen LogP contribution in [0.15, 0.2) is 24.3 Å². The van der Waals surface area contributed by atoms with Crippen LogP contribution in [-0.2, 0) is 4.74 Å². The summed E-state index contributed by atoms with van der Waals surface area (Å²) in [5, 5.41) is 0. The van der Waals surface area contributed by atoms with Gasteiger partial charge >= 0.3 is 0 Å². The second-order valence-corrected chi connectivity index (χ2v) is 8.92. The Bertz CT molecular complexity index is 647. The number of piperidine rings is 1. The average molecular weight is 357 g/mol. The van der Waals surface area contributed by atoms with Crippen LogP contribution in [0.1, 0.15) is 48.0 Å². The van der Waals surface area contributed by atoms with Crippen molar-refractivity contribution in [2.45, 2.75) is 45.1 Å². The van der Waals surface area contributed by atoms with Crippen molar-refractivity contribution in [2.75, 3.05) is 39.9 Å². The molecule has 0 N–H and O–H groups in total. The van der Waals surface area contributed by atoms with Gasteiger partial charge in [0.15, 0.2) is 0 Å². The number of carbonyl (C=O) groups excluding carboxylic acids is 1. The van der Waals surface area contributed by atoms with E-state index in [1.54, 1.807) is 0 Å². The summed E-state index contributed by atoms with van der Waals surface area (Å²) in [6.07, 6.45) is 6.17. The number of aryl methyl sites for hydroxylation is 1. The molecule has 2 heterocycles. The number of hydrogen-bond donors (Lipinski definition) is 0. The maximum Gasteiger partial charge on any atom is 0.253 e. The smallest absolute Gasteiger partial charge is 0.253 e. The minimum Gasteiger partial charge on any atom is -0.380 e. The van der Waals surface area contributed by atoms with Gasteiger partial charge < -0.3 is 14.5 Å². The lowest BCUT2D eigenvalue weighted by Gasteiger charge is -2.39. The van der Waals surface area contributed by atoms with Crippen molar-refractivity contribution in [1.82, 2.24) is 9.80 Å². The molecular formula is C22H32N2O2.